The molecule has 3 N–H and O–H groups in total. The summed E-state index contributed by atoms with van der Waals surface area (Å²) in [6.07, 6.45) is 3.43. The summed E-state index contributed by atoms with van der Waals surface area (Å²) in [5.41, 5.74) is 9.86. The van der Waals surface area contributed by atoms with Gasteiger partial charge < -0.3 is 20.2 Å². The van der Waals surface area contributed by atoms with Gasteiger partial charge in [0, 0.05) is 19.3 Å². The largest absolute Gasteiger partial charge is 0.424 e. The zero-order chi connectivity index (χ0) is 19.0. The van der Waals surface area contributed by atoms with Crippen LogP contribution in [0.3, 0.4) is 0 Å². The molecule has 0 fully saturated rings. The van der Waals surface area contributed by atoms with Crippen molar-refractivity contribution in [2.45, 2.75) is 6.92 Å². The SMILES string of the molecule is CCN(CCO)C(=O)c1cnc2ccc(-c3ccc4oc(N)nc4c3)cn12. The summed E-state index contributed by atoms with van der Waals surface area (Å²) < 4.78 is 7.07. The second kappa shape index (κ2) is 6.73. The van der Waals surface area contributed by atoms with E-state index in [0.29, 0.717) is 29.0 Å². The molecule has 0 aliphatic carbocycles. The minimum absolute atomic E-state index is 0.0809. The van der Waals surface area contributed by atoms with Gasteiger partial charge in [-0.15, -0.1) is 0 Å². The van der Waals surface area contributed by atoms with Crippen LogP contribution in [-0.4, -0.2) is 50.0 Å². The molecule has 3 aromatic heterocycles. The number of rotatable bonds is 5. The Labute approximate surface area is 154 Å². The van der Waals surface area contributed by atoms with E-state index in [2.05, 4.69) is 9.97 Å². The van der Waals surface area contributed by atoms with Gasteiger partial charge in [-0.05, 0) is 42.3 Å². The van der Waals surface area contributed by atoms with Crippen LogP contribution in [0.15, 0.2) is 47.1 Å². The fraction of sp³-hybridized carbons (Fsp3) is 0.211. The molecule has 0 saturated heterocycles. The molecule has 8 nitrogen and oxygen atoms in total. The lowest BCUT2D eigenvalue weighted by atomic mass is 10.1. The minimum Gasteiger partial charge on any atom is -0.424 e. The fourth-order valence-corrected chi connectivity index (χ4v) is 3.12. The third kappa shape index (κ3) is 3.00. The maximum atomic E-state index is 12.8. The van der Waals surface area contributed by atoms with Crippen molar-refractivity contribution in [3.8, 4) is 11.1 Å². The molecule has 0 unspecified atom stereocenters. The molecule has 1 amide bonds. The minimum atomic E-state index is -0.170. The van der Waals surface area contributed by atoms with Crippen LogP contribution >= 0.6 is 0 Å². The highest BCUT2D eigenvalue weighted by atomic mass is 16.4. The van der Waals surface area contributed by atoms with Crippen molar-refractivity contribution in [3.05, 3.63) is 48.4 Å². The molecule has 0 atom stereocenters. The second-order valence-electron chi connectivity index (χ2n) is 6.13. The molecule has 0 saturated carbocycles. The zero-order valence-corrected chi connectivity index (χ0v) is 14.8. The summed E-state index contributed by atoms with van der Waals surface area (Å²) in [7, 11) is 0. The van der Waals surface area contributed by atoms with Gasteiger partial charge in [0.15, 0.2) is 5.58 Å². The number of imidazole rings is 1. The van der Waals surface area contributed by atoms with Gasteiger partial charge in [-0.2, -0.15) is 4.98 Å². The summed E-state index contributed by atoms with van der Waals surface area (Å²) in [6.45, 7) is 2.59. The number of benzene rings is 1. The van der Waals surface area contributed by atoms with Gasteiger partial charge in [-0.3, -0.25) is 9.20 Å². The van der Waals surface area contributed by atoms with Crippen LogP contribution < -0.4 is 5.73 Å². The number of pyridine rings is 1. The molecule has 0 radical (unpaired) electrons. The maximum absolute atomic E-state index is 12.8. The summed E-state index contributed by atoms with van der Waals surface area (Å²) in [6, 6.07) is 9.54. The topological polar surface area (TPSA) is 110 Å². The highest BCUT2D eigenvalue weighted by molar-refractivity contribution is 5.93. The third-order valence-corrected chi connectivity index (χ3v) is 4.50. The number of anilines is 1. The van der Waals surface area contributed by atoms with Crippen molar-refractivity contribution in [2.24, 2.45) is 0 Å². The number of hydrogen-bond donors (Lipinski definition) is 2. The number of aliphatic hydroxyl groups is 1. The van der Waals surface area contributed by atoms with Crippen molar-refractivity contribution >= 4 is 28.7 Å². The number of aliphatic hydroxyl groups excluding tert-OH is 1. The summed E-state index contributed by atoms with van der Waals surface area (Å²) >= 11 is 0. The van der Waals surface area contributed by atoms with Gasteiger partial charge in [0.25, 0.3) is 11.9 Å². The van der Waals surface area contributed by atoms with Crippen LogP contribution in [0.4, 0.5) is 6.01 Å². The summed E-state index contributed by atoms with van der Waals surface area (Å²) in [4.78, 5) is 22.8. The van der Waals surface area contributed by atoms with Gasteiger partial charge in [0.2, 0.25) is 0 Å². The Bertz CT molecular complexity index is 1130. The van der Waals surface area contributed by atoms with E-state index in [4.69, 9.17) is 15.3 Å². The van der Waals surface area contributed by atoms with Crippen molar-refractivity contribution in [2.75, 3.05) is 25.4 Å². The first-order valence-electron chi connectivity index (χ1n) is 8.64. The number of likely N-dealkylation sites (N-methyl/N-ethyl adjacent to an activating group) is 1. The Hall–Kier alpha value is -3.39. The van der Waals surface area contributed by atoms with Crippen LogP contribution in [0.5, 0.6) is 0 Å². The van der Waals surface area contributed by atoms with Crippen molar-refractivity contribution in [1.82, 2.24) is 19.3 Å². The van der Waals surface area contributed by atoms with E-state index in [1.807, 2.05) is 43.5 Å². The van der Waals surface area contributed by atoms with E-state index >= 15 is 0 Å². The number of fused-ring (bicyclic) bond motifs is 2. The smallest absolute Gasteiger partial charge is 0.292 e. The first kappa shape index (κ1) is 17.0. The number of oxazole rings is 1. The lowest BCUT2D eigenvalue weighted by Crippen LogP contribution is -2.34. The molecular formula is C19H19N5O3. The molecule has 0 aliphatic rings. The molecule has 4 aromatic rings. The Morgan fingerprint density at radius 1 is 1.30 bits per heavy atom. The van der Waals surface area contributed by atoms with Gasteiger partial charge in [-0.25, -0.2) is 4.98 Å². The number of carbonyl (C=O) groups excluding carboxylic acids is 1. The molecule has 27 heavy (non-hydrogen) atoms. The van der Waals surface area contributed by atoms with Crippen LogP contribution in [-0.2, 0) is 0 Å². The highest BCUT2D eigenvalue weighted by Gasteiger charge is 2.18. The molecule has 3 heterocycles. The van der Waals surface area contributed by atoms with Gasteiger partial charge >= 0.3 is 0 Å². The monoisotopic (exact) mass is 365 g/mol. The molecule has 138 valence electrons. The van der Waals surface area contributed by atoms with E-state index in [-0.39, 0.29) is 25.1 Å². The number of aromatic nitrogens is 3. The normalized spacial score (nSPS) is 11.3. The molecule has 0 spiro atoms. The van der Waals surface area contributed by atoms with E-state index < -0.39 is 0 Å². The lowest BCUT2D eigenvalue weighted by molar-refractivity contribution is 0.0725. The van der Waals surface area contributed by atoms with E-state index in [0.717, 1.165) is 11.1 Å². The summed E-state index contributed by atoms with van der Waals surface area (Å²) in [5, 5.41) is 9.17. The molecule has 0 bridgehead atoms. The predicted molar refractivity (Wildman–Crippen MR) is 101 cm³/mol. The molecule has 0 aliphatic heterocycles. The Morgan fingerprint density at radius 3 is 2.89 bits per heavy atom. The second-order valence-corrected chi connectivity index (χ2v) is 6.13. The van der Waals surface area contributed by atoms with Crippen molar-refractivity contribution < 1.29 is 14.3 Å². The number of nitrogen functional groups attached to an aromatic ring is 1. The average molecular weight is 365 g/mol. The molecule has 8 heteroatoms. The highest BCUT2D eigenvalue weighted by Crippen LogP contribution is 2.26. The number of nitrogens with zero attached hydrogens (tertiary/aromatic N) is 4. The van der Waals surface area contributed by atoms with Crippen molar-refractivity contribution in [1.29, 1.82) is 0 Å². The quantitative estimate of drug-likeness (QED) is 0.561. The Balaban J connectivity index is 1.77. The number of nitrogens with two attached hydrogens (primary N) is 1. The van der Waals surface area contributed by atoms with E-state index in [9.17, 15) is 4.79 Å². The predicted octanol–water partition coefficient (Wildman–Crippen LogP) is 2.18. The third-order valence-electron chi connectivity index (χ3n) is 4.50. The molecule has 1 aromatic carbocycles. The average Bonchev–Trinajstić information content (AvgIpc) is 3.26. The Kier molecular flexibility index (Phi) is 4.25. The fourth-order valence-electron chi connectivity index (χ4n) is 3.12. The van der Waals surface area contributed by atoms with Crippen LogP contribution in [0.1, 0.15) is 17.4 Å². The van der Waals surface area contributed by atoms with Crippen LogP contribution in [0, 0.1) is 0 Å². The zero-order valence-electron chi connectivity index (χ0n) is 14.8. The lowest BCUT2D eigenvalue weighted by Gasteiger charge is -2.19. The summed E-state index contributed by atoms with van der Waals surface area (Å²) in [5.74, 6) is -0.170. The maximum Gasteiger partial charge on any atom is 0.292 e. The van der Waals surface area contributed by atoms with Crippen molar-refractivity contribution in [3.63, 3.8) is 0 Å². The van der Waals surface area contributed by atoms with Gasteiger partial charge in [0.1, 0.15) is 16.9 Å². The number of carbonyl (C=O) groups is 1. The van der Waals surface area contributed by atoms with Crippen LogP contribution in [0.2, 0.25) is 0 Å². The van der Waals surface area contributed by atoms with E-state index in [1.54, 1.807) is 15.5 Å². The number of amides is 1. The number of hydrogen-bond acceptors (Lipinski definition) is 6. The van der Waals surface area contributed by atoms with E-state index in [1.165, 1.54) is 0 Å². The molecular weight excluding hydrogens is 346 g/mol. The van der Waals surface area contributed by atoms with Crippen LogP contribution in [0.25, 0.3) is 27.9 Å². The first-order valence-corrected chi connectivity index (χ1v) is 8.64. The molecule has 4 rings (SSSR count). The standard InChI is InChI=1S/C19H19N5O3/c1-2-23(7-8-25)18(26)15-10-21-17-6-4-13(11-24(15)17)12-3-5-16-14(9-12)22-19(20)27-16/h3-6,9-11,25H,2,7-8H2,1H3,(H2,20,22). The van der Waals surface area contributed by atoms with Gasteiger partial charge in [-0.1, -0.05) is 6.07 Å². The Morgan fingerprint density at radius 2 is 2.11 bits per heavy atom. The van der Waals surface area contributed by atoms with Gasteiger partial charge in [0.05, 0.1) is 12.8 Å². The first-order chi connectivity index (χ1) is 13.1.